The van der Waals surface area contributed by atoms with Gasteiger partial charge in [-0.1, -0.05) is 0 Å². The molecule has 0 aliphatic rings. The molecule has 0 radical (unpaired) electrons. The van der Waals surface area contributed by atoms with Gasteiger partial charge >= 0.3 is 29.6 Å². The van der Waals surface area contributed by atoms with Crippen LogP contribution < -0.4 is 34.3 Å². The largest absolute Gasteiger partial charge is 1.00 e. The molecule has 5 nitrogen and oxygen atoms in total. The fourth-order valence-electron chi connectivity index (χ4n) is 1.98. The maximum atomic E-state index is 13.4. The predicted octanol–water partition coefficient (Wildman–Crippen LogP) is -0.486. The molecule has 0 unspecified atom stereocenters. The zero-order valence-electron chi connectivity index (χ0n) is 13.4. The van der Waals surface area contributed by atoms with Crippen molar-refractivity contribution in [3.05, 3.63) is 65.2 Å². The molecule has 0 atom stereocenters. The van der Waals surface area contributed by atoms with E-state index in [9.17, 15) is 26.5 Å². The first-order valence-electron chi connectivity index (χ1n) is 6.92. The second-order valence-electron chi connectivity index (χ2n) is 4.94. The van der Waals surface area contributed by atoms with Gasteiger partial charge in [0, 0.05) is 17.4 Å². The van der Waals surface area contributed by atoms with E-state index in [1.807, 2.05) is 0 Å². The molecule has 0 N–H and O–H groups in total. The van der Waals surface area contributed by atoms with E-state index in [2.05, 4.69) is 0 Å². The summed E-state index contributed by atoms with van der Waals surface area (Å²) in [5.74, 6) is -2.34. The number of hydrogen-bond donors (Lipinski definition) is 0. The van der Waals surface area contributed by atoms with Crippen LogP contribution in [0.25, 0.3) is 0 Å². The van der Waals surface area contributed by atoms with E-state index >= 15 is 0 Å². The first kappa shape index (κ1) is 21.7. The number of halogens is 2. The zero-order valence-corrected chi connectivity index (χ0v) is 16.2. The van der Waals surface area contributed by atoms with Gasteiger partial charge in [-0.25, -0.2) is 17.2 Å². The first-order chi connectivity index (χ1) is 11.3. The van der Waals surface area contributed by atoms with Crippen LogP contribution in [0.3, 0.4) is 0 Å². The van der Waals surface area contributed by atoms with Crippen LogP contribution in [-0.2, 0) is 10.1 Å². The molecule has 2 rings (SSSR count). The average molecular weight is 378 g/mol. The van der Waals surface area contributed by atoms with E-state index in [0.29, 0.717) is 0 Å². The summed E-state index contributed by atoms with van der Waals surface area (Å²) in [5.41, 5.74) is 0.239. The second-order valence-corrected chi connectivity index (χ2v) is 6.46. The van der Waals surface area contributed by atoms with E-state index in [-0.39, 0.29) is 59.5 Å². The van der Waals surface area contributed by atoms with Crippen molar-refractivity contribution in [1.82, 2.24) is 0 Å². The summed E-state index contributed by atoms with van der Waals surface area (Å²) in [5, 5.41) is 0. The fourth-order valence-corrected chi connectivity index (χ4v) is 2.45. The van der Waals surface area contributed by atoms with Crippen LogP contribution in [0.5, 0.6) is 5.75 Å². The zero-order chi connectivity index (χ0) is 17.7. The van der Waals surface area contributed by atoms with Gasteiger partial charge < -0.3 is 9.29 Å². The molecule has 0 bridgehead atoms. The third-order valence-electron chi connectivity index (χ3n) is 3.09. The predicted molar refractivity (Wildman–Crippen MR) is 80.9 cm³/mol. The molecule has 0 aliphatic heterocycles. The van der Waals surface area contributed by atoms with Crippen LogP contribution in [-0.4, -0.2) is 31.1 Å². The maximum Gasteiger partial charge on any atom is 1.00 e. The minimum Gasteiger partial charge on any atom is -0.748 e. The van der Waals surface area contributed by atoms with Gasteiger partial charge in [-0.15, -0.1) is 0 Å². The number of ether oxygens (including phenoxy) is 1. The molecule has 2 aromatic carbocycles. The van der Waals surface area contributed by atoms with Gasteiger partial charge in [-0.2, -0.15) is 0 Å². The second kappa shape index (κ2) is 9.40. The average Bonchev–Trinajstić information content (AvgIpc) is 2.51. The number of hydrogen-bond acceptors (Lipinski definition) is 5. The van der Waals surface area contributed by atoms with Crippen LogP contribution in [0, 0.1) is 11.6 Å². The van der Waals surface area contributed by atoms with Crippen molar-refractivity contribution in [2.45, 2.75) is 6.42 Å². The molecule has 0 spiro atoms. The Morgan fingerprint density at radius 1 is 1.04 bits per heavy atom. The summed E-state index contributed by atoms with van der Waals surface area (Å²) in [7, 11) is -4.37. The Bertz CT molecular complexity index is 838. The van der Waals surface area contributed by atoms with Crippen molar-refractivity contribution < 1.29 is 60.8 Å². The molecule has 128 valence electrons. The standard InChI is InChI=1S/C16H14F2O5S.Na/c17-12-4-2-11(3-5-12)16(19)14-7-6-13(18)10-15(14)23-8-1-9-24(20,21)22;/h2-7,10H,1,8-9H2,(H,20,21,22);/q;+1/p-1. The molecule has 2 aromatic rings. The normalized spacial score (nSPS) is 10.8. The van der Waals surface area contributed by atoms with Crippen molar-refractivity contribution in [2.24, 2.45) is 0 Å². The van der Waals surface area contributed by atoms with Crippen LogP contribution in [0.2, 0.25) is 0 Å². The van der Waals surface area contributed by atoms with Gasteiger partial charge in [0.25, 0.3) is 0 Å². The van der Waals surface area contributed by atoms with E-state index in [4.69, 9.17) is 4.74 Å². The Hall–Kier alpha value is -1.32. The first-order valence-corrected chi connectivity index (χ1v) is 8.50. The number of carbonyl (C=O) groups excluding carboxylic acids is 1. The number of carbonyl (C=O) groups is 1. The molecule has 0 saturated heterocycles. The molecule has 0 fully saturated rings. The summed E-state index contributed by atoms with van der Waals surface area (Å²) in [6.45, 7) is -0.172. The van der Waals surface area contributed by atoms with Gasteiger partial charge in [0.05, 0.1) is 22.3 Å². The molecule has 9 heteroatoms. The van der Waals surface area contributed by atoms with Crippen molar-refractivity contribution >= 4 is 15.9 Å². The van der Waals surface area contributed by atoms with Crippen molar-refractivity contribution in [3.8, 4) is 5.75 Å². The molecule has 0 amide bonds. The quantitative estimate of drug-likeness (QED) is 0.281. The SMILES string of the molecule is O=C(c1ccc(F)cc1)c1ccc(F)cc1OCCCS(=O)(=O)[O-].[Na+]. The summed E-state index contributed by atoms with van der Waals surface area (Å²) >= 11 is 0. The topological polar surface area (TPSA) is 83.5 Å². The van der Waals surface area contributed by atoms with Gasteiger partial charge in [0.15, 0.2) is 5.78 Å². The molecule has 0 aliphatic carbocycles. The Morgan fingerprint density at radius 3 is 2.24 bits per heavy atom. The Balaban J connectivity index is 0.00000312. The Labute approximate surface area is 166 Å². The molecule has 0 saturated carbocycles. The van der Waals surface area contributed by atoms with Crippen LogP contribution in [0.1, 0.15) is 22.3 Å². The van der Waals surface area contributed by atoms with Crippen molar-refractivity contribution in [2.75, 3.05) is 12.4 Å². The van der Waals surface area contributed by atoms with E-state index in [0.717, 1.165) is 24.3 Å². The van der Waals surface area contributed by atoms with E-state index in [1.165, 1.54) is 18.2 Å². The third kappa shape index (κ3) is 6.83. The monoisotopic (exact) mass is 378 g/mol. The number of rotatable bonds is 7. The van der Waals surface area contributed by atoms with Gasteiger partial charge in [0.2, 0.25) is 0 Å². The Morgan fingerprint density at radius 2 is 1.64 bits per heavy atom. The Kier molecular flexibility index (Phi) is 8.17. The molecule has 0 heterocycles. The molecule has 0 aromatic heterocycles. The van der Waals surface area contributed by atoms with Crippen LogP contribution in [0.4, 0.5) is 8.78 Å². The van der Waals surface area contributed by atoms with Gasteiger partial charge in [-0.05, 0) is 42.8 Å². The van der Waals surface area contributed by atoms with E-state index in [1.54, 1.807) is 0 Å². The smallest absolute Gasteiger partial charge is 0.748 e. The summed E-state index contributed by atoms with van der Waals surface area (Å²) in [6, 6.07) is 8.10. The number of ketones is 1. The van der Waals surface area contributed by atoms with Gasteiger partial charge in [0.1, 0.15) is 17.4 Å². The summed E-state index contributed by atoms with van der Waals surface area (Å²) < 4.78 is 63.1. The molecular weight excluding hydrogens is 365 g/mol. The van der Waals surface area contributed by atoms with Crippen LogP contribution >= 0.6 is 0 Å². The maximum absolute atomic E-state index is 13.4. The fraction of sp³-hybridized carbons (Fsp3) is 0.188. The third-order valence-corrected chi connectivity index (χ3v) is 3.88. The summed E-state index contributed by atoms with van der Waals surface area (Å²) in [6.07, 6.45) is -0.0907. The van der Waals surface area contributed by atoms with Crippen LogP contribution in [0.15, 0.2) is 42.5 Å². The summed E-state index contributed by atoms with van der Waals surface area (Å²) in [4.78, 5) is 12.4. The number of benzene rings is 2. The minimum atomic E-state index is -4.37. The van der Waals surface area contributed by atoms with Gasteiger partial charge in [-0.3, -0.25) is 4.79 Å². The molecule has 25 heavy (non-hydrogen) atoms. The molecular formula is C16H13F2NaO5S. The van der Waals surface area contributed by atoms with Crippen molar-refractivity contribution in [3.63, 3.8) is 0 Å². The van der Waals surface area contributed by atoms with E-state index < -0.39 is 33.3 Å². The van der Waals surface area contributed by atoms with Crippen molar-refractivity contribution in [1.29, 1.82) is 0 Å². The minimum absolute atomic E-state index is 0.